The number of rotatable bonds is 5. The van der Waals surface area contributed by atoms with Crippen LogP contribution in [0.4, 0.5) is 0 Å². The number of likely N-dealkylation sites (tertiary alicyclic amines) is 1. The second-order valence-electron chi connectivity index (χ2n) is 5.42. The largest absolute Gasteiger partial charge is 0.342 e. The van der Waals surface area contributed by atoms with E-state index in [4.69, 9.17) is 0 Å². The Labute approximate surface area is 99.6 Å². The summed E-state index contributed by atoms with van der Waals surface area (Å²) >= 11 is 0. The lowest BCUT2D eigenvalue weighted by Gasteiger charge is -2.30. The molecule has 0 aromatic heterocycles. The highest BCUT2D eigenvalue weighted by molar-refractivity contribution is 5.78. The van der Waals surface area contributed by atoms with E-state index in [-0.39, 0.29) is 5.91 Å². The highest BCUT2D eigenvalue weighted by atomic mass is 16.2. The highest BCUT2D eigenvalue weighted by Crippen LogP contribution is 2.15. The van der Waals surface area contributed by atoms with Crippen molar-refractivity contribution in [2.24, 2.45) is 11.8 Å². The minimum Gasteiger partial charge on any atom is -0.342 e. The van der Waals surface area contributed by atoms with Crippen LogP contribution in [0.2, 0.25) is 0 Å². The Balaban J connectivity index is 2.10. The molecule has 0 spiro atoms. The molecule has 0 bridgehead atoms. The lowest BCUT2D eigenvalue weighted by atomic mass is 9.99. The summed E-state index contributed by atoms with van der Waals surface area (Å²) in [6.45, 7) is 10.0. The molecule has 1 saturated heterocycles. The van der Waals surface area contributed by atoms with Crippen molar-refractivity contribution in [2.75, 3.05) is 26.2 Å². The lowest BCUT2D eigenvalue weighted by molar-refractivity contribution is -0.131. The lowest BCUT2D eigenvalue weighted by Crippen LogP contribution is -2.42. The van der Waals surface area contributed by atoms with Crippen LogP contribution in [0.5, 0.6) is 0 Å². The van der Waals surface area contributed by atoms with E-state index in [1.807, 2.05) is 4.90 Å². The zero-order valence-electron chi connectivity index (χ0n) is 11.0. The number of hydrogen-bond acceptors (Lipinski definition) is 2. The van der Waals surface area contributed by atoms with Gasteiger partial charge in [-0.05, 0) is 37.6 Å². The van der Waals surface area contributed by atoms with E-state index in [0.29, 0.717) is 12.5 Å². The molecular formula is C13H26N2O. The van der Waals surface area contributed by atoms with Crippen molar-refractivity contribution in [2.45, 2.75) is 40.0 Å². The van der Waals surface area contributed by atoms with Gasteiger partial charge in [0.05, 0.1) is 6.54 Å². The second-order valence-corrected chi connectivity index (χ2v) is 5.42. The van der Waals surface area contributed by atoms with Crippen molar-refractivity contribution in [3.63, 3.8) is 0 Å². The molecule has 1 N–H and O–H groups in total. The molecule has 1 amide bonds. The summed E-state index contributed by atoms with van der Waals surface area (Å²) in [4.78, 5) is 13.8. The molecule has 0 unspecified atom stereocenters. The smallest absolute Gasteiger partial charge is 0.236 e. The maximum Gasteiger partial charge on any atom is 0.236 e. The Morgan fingerprint density at radius 1 is 1.38 bits per heavy atom. The Hall–Kier alpha value is -0.570. The van der Waals surface area contributed by atoms with Gasteiger partial charge in [-0.1, -0.05) is 20.8 Å². The maximum absolute atomic E-state index is 11.8. The normalized spacial score (nSPS) is 18.1. The first-order valence-electron chi connectivity index (χ1n) is 6.58. The summed E-state index contributed by atoms with van der Waals surface area (Å²) < 4.78 is 0. The van der Waals surface area contributed by atoms with Crippen LogP contribution < -0.4 is 5.32 Å². The van der Waals surface area contributed by atoms with E-state index in [9.17, 15) is 4.79 Å². The van der Waals surface area contributed by atoms with E-state index >= 15 is 0 Å². The fourth-order valence-electron chi connectivity index (χ4n) is 1.96. The number of hydrogen-bond donors (Lipinski definition) is 1. The average Bonchev–Trinajstić information content (AvgIpc) is 2.25. The van der Waals surface area contributed by atoms with E-state index in [1.54, 1.807) is 0 Å². The third kappa shape index (κ3) is 4.97. The summed E-state index contributed by atoms with van der Waals surface area (Å²) in [5, 5.41) is 3.23. The van der Waals surface area contributed by atoms with Gasteiger partial charge in [0.25, 0.3) is 0 Å². The molecule has 1 heterocycles. The topological polar surface area (TPSA) is 32.3 Å². The molecule has 3 heteroatoms. The zero-order chi connectivity index (χ0) is 12.0. The molecule has 3 nitrogen and oxygen atoms in total. The van der Waals surface area contributed by atoms with Crippen LogP contribution in [0.1, 0.15) is 40.0 Å². The number of piperidine rings is 1. The van der Waals surface area contributed by atoms with E-state index in [1.165, 1.54) is 0 Å². The molecule has 0 radical (unpaired) electrons. The standard InChI is InChI=1S/C13H26N2O/c1-11(2)4-7-14-10-13(16)15-8-5-12(3)6-9-15/h11-12,14H,4-10H2,1-3H3. The quantitative estimate of drug-likeness (QED) is 0.726. The van der Waals surface area contributed by atoms with Crippen molar-refractivity contribution < 1.29 is 4.79 Å². The first-order chi connectivity index (χ1) is 7.59. The molecule has 0 aromatic rings. The summed E-state index contributed by atoms with van der Waals surface area (Å²) in [6.07, 6.45) is 3.47. The van der Waals surface area contributed by atoms with Gasteiger partial charge in [0, 0.05) is 13.1 Å². The first kappa shape index (κ1) is 13.5. The van der Waals surface area contributed by atoms with Crippen molar-refractivity contribution in [1.82, 2.24) is 10.2 Å². The molecule has 0 saturated carbocycles. The number of carbonyl (C=O) groups excluding carboxylic acids is 1. The molecule has 0 aromatic carbocycles. The van der Waals surface area contributed by atoms with Crippen LogP contribution in [0.25, 0.3) is 0 Å². The van der Waals surface area contributed by atoms with Gasteiger partial charge in [-0.2, -0.15) is 0 Å². The monoisotopic (exact) mass is 226 g/mol. The molecule has 1 aliphatic rings. The van der Waals surface area contributed by atoms with Gasteiger partial charge in [0.1, 0.15) is 0 Å². The second kappa shape index (κ2) is 6.89. The Kier molecular flexibility index (Phi) is 5.81. The third-order valence-corrected chi connectivity index (χ3v) is 3.31. The van der Waals surface area contributed by atoms with Crippen molar-refractivity contribution >= 4 is 5.91 Å². The van der Waals surface area contributed by atoms with Crippen LogP contribution in [0.15, 0.2) is 0 Å². The zero-order valence-corrected chi connectivity index (χ0v) is 11.0. The van der Waals surface area contributed by atoms with Gasteiger partial charge in [-0.3, -0.25) is 4.79 Å². The Morgan fingerprint density at radius 2 is 2.00 bits per heavy atom. The van der Waals surface area contributed by atoms with Crippen molar-refractivity contribution in [3.05, 3.63) is 0 Å². The molecule has 0 aliphatic carbocycles. The Morgan fingerprint density at radius 3 is 2.56 bits per heavy atom. The maximum atomic E-state index is 11.8. The number of nitrogens with one attached hydrogen (secondary N) is 1. The summed E-state index contributed by atoms with van der Waals surface area (Å²) in [7, 11) is 0. The van der Waals surface area contributed by atoms with Crippen LogP contribution >= 0.6 is 0 Å². The van der Waals surface area contributed by atoms with Gasteiger partial charge in [-0.25, -0.2) is 0 Å². The van der Waals surface area contributed by atoms with Gasteiger partial charge in [-0.15, -0.1) is 0 Å². The molecule has 0 atom stereocenters. The fourth-order valence-corrected chi connectivity index (χ4v) is 1.96. The molecule has 1 fully saturated rings. The predicted octanol–water partition coefficient (Wildman–Crippen LogP) is 1.88. The van der Waals surface area contributed by atoms with Crippen LogP contribution in [0.3, 0.4) is 0 Å². The third-order valence-electron chi connectivity index (χ3n) is 3.31. The van der Waals surface area contributed by atoms with E-state index < -0.39 is 0 Å². The van der Waals surface area contributed by atoms with Crippen molar-refractivity contribution in [3.8, 4) is 0 Å². The van der Waals surface area contributed by atoms with Gasteiger partial charge in [0.15, 0.2) is 0 Å². The molecular weight excluding hydrogens is 200 g/mol. The number of amides is 1. The van der Waals surface area contributed by atoms with Crippen LogP contribution in [-0.2, 0) is 4.79 Å². The predicted molar refractivity (Wildman–Crippen MR) is 67.3 cm³/mol. The van der Waals surface area contributed by atoms with Gasteiger partial charge >= 0.3 is 0 Å². The Bertz CT molecular complexity index is 208. The molecule has 16 heavy (non-hydrogen) atoms. The summed E-state index contributed by atoms with van der Waals surface area (Å²) in [5.74, 6) is 1.77. The number of nitrogens with zero attached hydrogens (tertiary/aromatic N) is 1. The van der Waals surface area contributed by atoms with Gasteiger partial charge < -0.3 is 10.2 Å². The van der Waals surface area contributed by atoms with Crippen LogP contribution in [-0.4, -0.2) is 37.0 Å². The summed E-state index contributed by atoms with van der Waals surface area (Å²) in [6, 6.07) is 0. The minimum atomic E-state index is 0.274. The average molecular weight is 226 g/mol. The first-order valence-corrected chi connectivity index (χ1v) is 6.58. The fraction of sp³-hybridized carbons (Fsp3) is 0.923. The SMILES string of the molecule is CC(C)CCNCC(=O)N1CCC(C)CC1. The van der Waals surface area contributed by atoms with Crippen molar-refractivity contribution in [1.29, 1.82) is 0 Å². The van der Waals surface area contributed by atoms with E-state index in [0.717, 1.165) is 44.8 Å². The minimum absolute atomic E-state index is 0.274. The van der Waals surface area contributed by atoms with Crippen LogP contribution in [0, 0.1) is 11.8 Å². The van der Waals surface area contributed by atoms with E-state index in [2.05, 4.69) is 26.1 Å². The number of carbonyl (C=O) groups is 1. The highest BCUT2D eigenvalue weighted by Gasteiger charge is 2.19. The van der Waals surface area contributed by atoms with Gasteiger partial charge in [0.2, 0.25) is 5.91 Å². The molecule has 1 aliphatic heterocycles. The molecule has 94 valence electrons. The molecule has 1 rings (SSSR count). The summed E-state index contributed by atoms with van der Waals surface area (Å²) in [5.41, 5.74) is 0.